The van der Waals surface area contributed by atoms with Crippen molar-refractivity contribution in [3.63, 3.8) is 0 Å². The van der Waals surface area contributed by atoms with E-state index < -0.39 is 5.56 Å². The van der Waals surface area contributed by atoms with Crippen molar-refractivity contribution in [2.24, 2.45) is 0 Å². The molecule has 9 heteroatoms. The third kappa shape index (κ3) is 4.66. The first kappa shape index (κ1) is 22.7. The summed E-state index contributed by atoms with van der Waals surface area (Å²) in [6.45, 7) is 9.62. The topological polar surface area (TPSA) is 95.9 Å². The number of aryl methyl sites for hydroxylation is 3. The van der Waals surface area contributed by atoms with Crippen molar-refractivity contribution in [1.82, 2.24) is 24.5 Å². The largest absolute Gasteiger partial charge is 0.470 e. The molecule has 0 saturated heterocycles. The van der Waals surface area contributed by atoms with Gasteiger partial charge in [-0.25, -0.2) is 15.0 Å². The molecule has 3 heterocycles. The number of benzene rings is 1. The number of rotatable bonds is 6. The second kappa shape index (κ2) is 9.15. The fraction of sp³-hybridized carbons (Fsp3) is 0.292. The van der Waals surface area contributed by atoms with Gasteiger partial charge in [0, 0.05) is 24.6 Å². The van der Waals surface area contributed by atoms with E-state index in [0.717, 1.165) is 22.6 Å². The maximum atomic E-state index is 13.1. The lowest BCUT2D eigenvalue weighted by Crippen LogP contribution is -2.23. The summed E-state index contributed by atoms with van der Waals surface area (Å²) < 4.78 is 12.3. The van der Waals surface area contributed by atoms with Crippen LogP contribution in [0.3, 0.4) is 0 Å². The lowest BCUT2D eigenvalue weighted by atomic mass is 10.1. The van der Waals surface area contributed by atoms with Crippen LogP contribution in [0.5, 0.6) is 5.88 Å². The van der Waals surface area contributed by atoms with Gasteiger partial charge in [0.25, 0.3) is 5.56 Å². The Morgan fingerprint density at radius 3 is 2.64 bits per heavy atom. The zero-order valence-electron chi connectivity index (χ0n) is 19.1. The molecule has 0 amide bonds. The van der Waals surface area contributed by atoms with Crippen LogP contribution in [0, 0.1) is 20.8 Å². The summed E-state index contributed by atoms with van der Waals surface area (Å²) in [6, 6.07) is 7.55. The van der Waals surface area contributed by atoms with E-state index in [9.17, 15) is 4.79 Å². The van der Waals surface area contributed by atoms with Crippen LogP contribution in [0.4, 0.5) is 0 Å². The molecule has 0 saturated carbocycles. The molecule has 0 aliphatic rings. The number of ether oxygens (including phenoxy) is 1. The molecular formula is C24H24ClN5O3. The molecule has 0 unspecified atom stereocenters. The van der Waals surface area contributed by atoms with Crippen LogP contribution in [-0.4, -0.2) is 24.5 Å². The summed E-state index contributed by atoms with van der Waals surface area (Å²) in [5, 5.41) is -0.105. The van der Waals surface area contributed by atoms with E-state index in [4.69, 9.17) is 25.7 Å². The molecule has 8 nitrogen and oxygen atoms in total. The van der Waals surface area contributed by atoms with Gasteiger partial charge in [0.05, 0.1) is 11.4 Å². The number of nitrogens with zero attached hydrogens (tertiary/aromatic N) is 5. The molecule has 0 fully saturated rings. The van der Waals surface area contributed by atoms with Crippen LogP contribution in [0.2, 0.25) is 5.02 Å². The molecule has 170 valence electrons. The quantitative estimate of drug-likeness (QED) is 0.397. The van der Waals surface area contributed by atoms with Gasteiger partial charge in [-0.3, -0.25) is 9.36 Å². The number of aromatic nitrogens is 5. The summed E-state index contributed by atoms with van der Waals surface area (Å²) in [7, 11) is 0. The zero-order chi connectivity index (χ0) is 23.7. The second-order valence-corrected chi connectivity index (χ2v) is 8.41. The van der Waals surface area contributed by atoms with Gasteiger partial charge in [0.2, 0.25) is 5.88 Å². The highest BCUT2D eigenvalue weighted by Crippen LogP contribution is 2.26. The molecule has 4 aromatic rings. The Morgan fingerprint density at radius 2 is 1.94 bits per heavy atom. The highest BCUT2D eigenvalue weighted by molar-refractivity contribution is 6.31. The third-order valence-corrected chi connectivity index (χ3v) is 5.40. The van der Waals surface area contributed by atoms with Crippen molar-refractivity contribution < 1.29 is 9.15 Å². The van der Waals surface area contributed by atoms with Crippen molar-refractivity contribution in [3.05, 3.63) is 80.9 Å². The predicted octanol–water partition coefficient (Wildman–Crippen LogP) is 4.96. The molecule has 0 atom stereocenters. The normalized spacial score (nSPS) is 11.2. The minimum atomic E-state index is -0.421. The Labute approximate surface area is 196 Å². The van der Waals surface area contributed by atoms with E-state index in [0.29, 0.717) is 23.1 Å². The Kier molecular flexibility index (Phi) is 6.29. The lowest BCUT2D eigenvalue weighted by molar-refractivity contribution is 0.287. The first-order valence-electron chi connectivity index (χ1n) is 10.5. The lowest BCUT2D eigenvalue weighted by Gasteiger charge is -2.14. The van der Waals surface area contributed by atoms with Gasteiger partial charge in [-0.15, -0.1) is 0 Å². The molecule has 4 rings (SSSR count). The van der Waals surface area contributed by atoms with Gasteiger partial charge in [-0.2, -0.15) is 4.98 Å². The highest BCUT2D eigenvalue weighted by Gasteiger charge is 2.17. The smallest absolute Gasteiger partial charge is 0.280 e. The number of hydrogen-bond acceptors (Lipinski definition) is 7. The molecule has 0 aliphatic carbocycles. The molecule has 0 radical (unpaired) electrons. The molecule has 3 aromatic heterocycles. The third-order valence-electron chi connectivity index (χ3n) is 5.07. The Hall–Kier alpha value is -3.52. The minimum absolute atomic E-state index is 0.0560. The fourth-order valence-electron chi connectivity index (χ4n) is 3.42. The minimum Gasteiger partial charge on any atom is -0.470 e. The van der Waals surface area contributed by atoms with Crippen molar-refractivity contribution in [3.8, 4) is 22.8 Å². The van der Waals surface area contributed by atoms with E-state index in [1.54, 1.807) is 13.8 Å². The van der Waals surface area contributed by atoms with Crippen molar-refractivity contribution in [2.45, 2.75) is 47.1 Å². The first-order valence-corrected chi connectivity index (χ1v) is 10.9. The second-order valence-electron chi connectivity index (χ2n) is 8.03. The van der Waals surface area contributed by atoms with Gasteiger partial charge >= 0.3 is 0 Å². The van der Waals surface area contributed by atoms with E-state index >= 15 is 0 Å². The Balaban J connectivity index is 1.71. The Bertz CT molecular complexity index is 1380. The van der Waals surface area contributed by atoms with E-state index in [-0.39, 0.29) is 23.4 Å². The Morgan fingerprint density at radius 1 is 1.15 bits per heavy atom. The van der Waals surface area contributed by atoms with Crippen LogP contribution in [0.25, 0.3) is 16.9 Å². The highest BCUT2D eigenvalue weighted by atomic mass is 35.5. The summed E-state index contributed by atoms with van der Waals surface area (Å²) in [5.74, 6) is 1.99. The molecular weight excluding hydrogens is 442 g/mol. The molecule has 0 aliphatic heterocycles. The predicted molar refractivity (Wildman–Crippen MR) is 125 cm³/mol. The maximum absolute atomic E-state index is 13.1. The molecule has 0 spiro atoms. The molecule has 1 aromatic carbocycles. The zero-order valence-corrected chi connectivity index (χ0v) is 19.8. The van der Waals surface area contributed by atoms with Crippen molar-refractivity contribution in [2.75, 3.05) is 0 Å². The molecule has 33 heavy (non-hydrogen) atoms. The van der Waals surface area contributed by atoms with Crippen LogP contribution in [0.1, 0.15) is 48.6 Å². The summed E-state index contributed by atoms with van der Waals surface area (Å²) in [6.07, 6.45) is 3.31. The summed E-state index contributed by atoms with van der Waals surface area (Å²) >= 11 is 6.34. The van der Waals surface area contributed by atoms with Crippen LogP contribution >= 0.6 is 11.6 Å². The van der Waals surface area contributed by atoms with Gasteiger partial charge in [0.15, 0.2) is 10.9 Å². The van der Waals surface area contributed by atoms with Crippen LogP contribution in [0.15, 0.2) is 45.9 Å². The van der Waals surface area contributed by atoms with Gasteiger partial charge in [0.1, 0.15) is 30.2 Å². The fourth-order valence-corrected chi connectivity index (χ4v) is 3.60. The standard InChI is InChI=1S/C24H24ClN5O3/c1-13(2)22-26-10-14(3)21(29-22)17-7-6-8-19(9-17)30-15(4)27-23(20(25)24(30)31)33-12-18-11-32-16(5)28-18/h6-11,13H,12H2,1-5H3. The first-order chi connectivity index (χ1) is 15.7. The summed E-state index contributed by atoms with van der Waals surface area (Å²) in [4.78, 5) is 30.9. The van der Waals surface area contributed by atoms with Crippen molar-refractivity contribution in [1.29, 1.82) is 0 Å². The monoisotopic (exact) mass is 465 g/mol. The maximum Gasteiger partial charge on any atom is 0.280 e. The van der Waals surface area contributed by atoms with E-state index in [1.165, 1.54) is 10.8 Å². The van der Waals surface area contributed by atoms with E-state index in [1.807, 2.05) is 37.4 Å². The average Bonchev–Trinajstić information content (AvgIpc) is 3.21. The SMILES string of the molecule is Cc1nc(COc2nc(C)n(-c3cccc(-c4nc(C(C)C)ncc4C)c3)c(=O)c2Cl)co1. The molecule has 0 N–H and O–H groups in total. The summed E-state index contributed by atoms with van der Waals surface area (Å²) in [5.41, 5.74) is 3.44. The molecule has 0 bridgehead atoms. The van der Waals surface area contributed by atoms with Crippen molar-refractivity contribution >= 4 is 11.6 Å². The number of halogens is 1. The van der Waals surface area contributed by atoms with Crippen LogP contribution in [-0.2, 0) is 6.61 Å². The van der Waals surface area contributed by atoms with Gasteiger partial charge in [-0.05, 0) is 31.5 Å². The number of oxazole rings is 1. The van der Waals surface area contributed by atoms with Gasteiger partial charge < -0.3 is 9.15 Å². The van der Waals surface area contributed by atoms with Gasteiger partial charge in [-0.1, -0.05) is 37.6 Å². The average molecular weight is 466 g/mol. The number of hydrogen-bond donors (Lipinski definition) is 0. The van der Waals surface area contributed by atoms with Crippen LogP contribution < -0.4 is 10.3 Å². The van der Waals surface area contributed by atoms with E-state index in [2.05, 4.69) is 28.8 Å².